The van der Waals surface area contributed by atoms with Crippen molar-refractivity contribution in [3.05, 3.63) is 60.4 Å². The van der Waals surface area contributed by atoms with Gasteiger partial charge in [0.1, 0.15) is 30.4 Å². The first-order chi connectivity index (χ1) is 16.5. The number of ether oxygens (including phenoxy) is 1. The highest BCUT2D eigenvalue weighted by Crippen LogP contribution is 2.35. The molecule has 4 atom stereocenters. The van der Waals surface area contributed by atoms with Gasteiger partial charge in [0.05, 0.1) is 6.61 Å². The van der Waals surface area contributed by atoms with E-state index < -0.39 is 31.1 Å². The Labute approximate surface area is 194 Å². The van der Waals surface area contributed by atoms with Crippen molar-refractivity contribution < 1.29 is 25.2 Å². The van der Waals surface area contributed by atoms with E-state index in [1.807, 2.05) is 36.4 Å². The van der Waals surface area contributed by atoms with Gasteiger partial charge in [0.15, 0.2) is 23.2 Å². The monoisotopic (exact) mass is 464 g/mol. The largest absolute Gasteiger partial charge is 0.508 e. The van der Waals surface area contributed by atoms with Gasteiger partial charge in [-0.15, -0.1) is 0 Å². The molecule has 4 aromatic rings. The molecule has 0 aliphatic carbocycles. The maximum absolute atomic E-state index is 10.6. The van der Waals surface area contributed by atoms with Crippen LogP contribution in [0.4, 0.5) is 11.8 Å². The molecule has 1 saturated heterocycles. The number of phenols is 1. The van der Waals surface area contributed by atoms with Crippen molar-refractivity contribution in [2.24, 2.45) is 0 Å². The minimum Gasteiger partial charge on any atom is -0.508 e. The van der Waals surface area contributed by atoms with Crippen LogP contribution >= 0.6 is 0 Å². The summed E-state index contributed by atoms with van der Waals surface area (Å²) in [6.07, 6.45) is -3.28. The van der Waals surface area contributed by atoms with Gasteiger partial charge in [-0.05, 0) is 28.8 Å². The fourth-order valence-electron chi connectivity index (χ4n) is 4.04. The van der Waals surface area contributed by atoms with Gasteiger partial charge in [0.2, 0.25) is 5.95 Å². The molecular formula is C23H24N6O5. The van der Waals surface area contributed by atoms with Gasteiger partial charge in [-0.3, -0.25) is 4.57 Å². The number of nitrogen functional groups attached to an aromatic ring is 1. The van der Waals surface area contributed by atoms with Crippen LogP contribution in [0.3, 0.4) is 0 Å². The molecule has 0 radical (unpaired) electrons. The van der Waals surface area contributed by atoms with Crippen LogP contribution in [0.15, 0.2) is 54.9 Å². The number of nitrogens with zero attached hydrogens (tertiary/aromatic N) is 4. The van der Waals surface area contributed by atoms with Crippen molar-refractivity contribution in [1.82, 2.24) is 19.5 Å². The van der Waals surface area contributed by atoms with E-state index in [0.29, 0.717) is 23.7 Å². The van der Waals surface area contributed by atoms with Crippen LogP contribution in [-0.4, -0.2) is 64.9 Å². The highest BCUT2D eigenvalue weighted by atomic mass is 16.6. The average Bonchev–Trinajstić information content (AvgIpc) is 3.36. The zero-order valence-corrected chi connectivity index (χ0v) is 18.0. The van der Waals surface area contributed by atoms with Gasteiger partial charge in [-0.1, -0.05) is 36.4 Å². The number of aliphatic hydroxyl groups excluding tert-OH is 3. The summed E-state index contributed by atoms with van der Waals surface area (Å²) in [6, 6.07) is 14.8. The van der Waals surface area contributed by atoms with Crippen LogP contribution in [0.1, 0.15) is 11.8 Å². The topological polar surface area (TPSA) is 172 Å². The number of rotatable bonds is 6. The third-order valence-corrected chi connectivity index (χ3v) is 5.88. The Balaban J connectivity index is 1.42. The van der Waals surface area contributed by atoms with Crippen LogP contribution in [-0.2, 0) is 11.3 Å². The molecule has 0 spiro atoms. The Morgan fingerprint density at radius 3 is 2.29 bits per heavy atom. The molecule has 3 heterocycles. The summed E-state index contributed by atoms with van der Waals surface area (Å²) in [6.45, 7) is -0.0596. The third kappa shape index (κ3) is 3.90. The summed E-state index contributed by atoms with van der Waals surface area (Å²) in [5.74, 6) is 0.698. The normalized spacial score (nSPS) is 22.3. The van der Waals surface area contributed by atoms with E-state index in [0.717, 1.165) is 16.7 Å². The molecule has 11 heteroatoms. The number of aromatic nitrogens is 4. The van der Waals surface area contributed by atoms with E-state index in [2.05, 4.69) is 20.3 Å². The smallest absolute Gasteiger partial charge is 0.207 e. The van der Waals surface area contributed by atoms with Gasteiger partial charge in [-0.2, -0.15) is 0 Å². The number of hydrogen-bond acceptors (Lipinski definition) is 10. The van der Waals surface area contributed by atoms with Gasteiger partial charge in [0.25, 0.3) is 0 Å². The van der Waals surface area contributed by atoms with Gasteiger partial charge >= 0.3 is 0 Å². The number of fused-ring (bicyclic) bond motifs is 1. The molecule has 34 heavy (non-hydrogen) atoms. The fourth-order valence-corrected chi connectivity index (χ4v) is 4.04. The zero-order valence-electron chi connectivity index (χ0n) is 18.0. The van der Waals surface area contributed by atoms with E-state index in [9.17, 15) is 20.4 Å². The van der Waals surface area contributed by atoms with Crippen LogP contribution in [0.5, 0.6) is 5.75 Å². The molecule has 1 fully saturated rings. The molecule has 1 aliphatic heterocycles. The zero-order chi connectivity index (χ0) is 23.8. The molecule has 0 saturated carbocycles. The highest BCUT2D eigenvalue weighted by Gasteiger charge is 2.45. The molecule has 0 bridgehead atoms. The second-order valence-electron chi connectivity index (χ2n) is 8.06. The maximum atomic E-state index is 10.6. The average molecular weight is 464 g/mol. The van der Waals surface area contributed by atoms with E-state index in [4.69, 9.17) is 10.5 Å². The summed E-state index contributed by atoms with van der Waals surface area (Å²) >= 11 is 0. The first-order valence-electron chi connectivity index (χ1n) is 10.7. The van der Waals surface area contributed by atoms with E-state index >= 15 is 0 Å². The quantitative estimate of drug-likeness (QED) is 0.242. The first-order valence-corrected chi connectivity index (χ1v) is 10.7. The Bertz CT molecular complexity index is 1290. The van der Waals surface area contributed by atoms with Crippen LogP contribution in [0, 0.1) is 0 Å². The van der Waals surface area contributed by atoms with Crippen molar-refractivity contribution in [3.8, 4) is 16.9 Å². The Hall–Kier alpha value is -3.77. The summed E-state index contributed by atoms with van der Waals surface area (Å²) < 4.78 is 7.22. The number of aliphatic hydroxyl groups is 3. The molecule has 2 aromatic carbocycles. The molecule has 0 amide bonds. The molecule has 7 N–H and O–H groups in total. The SMILES string of the molecule is Nc1ncnc2c1nc(NCc1ccc(-c3ccc(O)cc3)cc1)n2[C@@H]1O[C@H](CO)[C@@H](O)[C@H]1O. The molecule has 1 aliphatic rings. The van der Waals surface area contributed by atoms with Crippen molar-refractivity contribution in [3.63, 3.8) is 0 Å². The number of nitrogens with two attached hydrogens (primary N) is 1. The predicted octanol–water partition coefficient (Wildman–Crippen LogP) is 1.00. The summed E-state index contributed by atoms with van der Waals surface area (Å²) in [5.41, 5.74) is 9.58. The van der Waals surface area contributed by atoms with Crippen LogP contribution in [0.2, 0.25) is 0 Å². The standard InChI is InChI=1S/C23H24N6O5/c24-20-17-21(27-11-26-20)29(22-19(33)18(32)16(10-30)34-22)23(28-17)25-9-12-1-3-13(4-2-12)14-5-7-15(31)8-6-14/h1-8,11,16,18-19,22,30-33H,9-10H2,(H,25,28)(H2,24,26,27)/t16-,18-,19-,22-/m1/s1. The molecule has 176 valence electrons. The van der Waals surface area contributed by atoms with Crippen LogP contribution in [0.25, 0.3) is 22.3 Å². The van der Waals surface area contributed by atoms with Crippen molar-refractivity contribution in [2.75, 3.05) is 17.7 Å². The fraction of sp³-hybridized carbons (Fsp3) is 0.261. The summed E-state index contributed by atoms with van der Waals surface area (Å²) in [4.78, 5) is 12.7. The minimum absolute atomic E-state index is 0.164. The predicted molar refractivity (Wildman–Crippen MR) is 124 cm³/mol. The third-order valence-electron chi connectivity index (χ3n) is 5.88. The number of benzene rings is 2. The van der Waals surface area contributed by atoms with Gasteiger partial charge in [0, 0.05) is 6.54 Å². The number of hydrogen-bond donors (Lipinski definition) is 6. The molecule has 11 nitrogen and oxygen atoms in total. The minimum atomic E-state index is -1.31. The lowest BCUT2D eigenvalue weighted by Crippen LogP contribution is -2.33. The molecule has 0 unspecified atom stereocenters. The van der Waals surface area contributed by atoms with E-state index in [1.54, 1.807) is 12.1 Å². The second kappa shape index (κ2) is 8.88. The Morgan fingerprint density at radius 2 is 1.65 bits per heavy atom. The van der Waals surface area contributed by atoms with E-state index in [-0.39, 0.29) is 11.6 Å². The first kappa shape index (κ1) is 22.0. The molecule has 5 rings (SSSR count). The highest BCUT2D eigenvalue weighted by molar-refractivity contribution is 5.84. The number of phenolic OH excluding ortho intramolecular Hbond substituents is 1. The second-order valence-corrected chi connectivity index (χ2v) is 8.06. The number of aromatic hydroxyl groups is 1. The molecule has 2 aromatic heterocycles. The van der Waals surface area contributed by atoms with Crippen LogP contribution < -0.4 is 11.1 Å². The Kier molecular flexibility index (Phi) is 5.75. The summed E-state index contributed by atoms with van der Waals surface area (Å²) in [5, 5.41) is 43.0. The van der Waals surface area contributed by atoms with Crippen molar-refractivity contribution in [2.45, 2.75) is 31.1 Å². The lowest BCUT2D eigenvalue weighted by molar-refractivity contribution is -0.0501. The maximum Gasteiger partial charge on any atom is 0.207 e. The Morgan fingerprint density at radius 1 is 0.971 bits per heavy atom. The van der Waals surface area contributed by atoms with E-state index in [1.165, 1.54) is 10.9 Å². The number of anilines is 2. The number of imidazole rings is 1. The van der Waals surface area contributed by atoms with Gasteiger partial charge in [-0.25, -0.2) is 15.0 Å². The summed E-state index contributed by atoms with van der Waals surface area (Å²) in [7, 11) is 0. The lowest BCUT2D eigenvalue weighted by Gasteiger charge is -2.19. The van der Waals surface area contributed by atoms with Gasteiger partial charge < -0.3 is 36.2 Å². The van der Waals surface area contributed by atoms with Crippen molar-refractivity contribution >= 4 is 22.9 Å². The number of nitrogens with one attached hydrogen (secondary N) is 1. The molecular weight excluding hydrogens is 440 g/mol. The van der Waals surface area contributed by atoms with Crippen molar-refractivity contribution in [1.29, 1.82) is 0 Å². The lowest BCUT2D eigenvalue weighted by atomic mass is 10.0.